The first-order chi connectivity index (χ1) is 12.6. The fourth-order valence-electron chi connectivity index (χ4n) is 2.99. The van der Waals surface area contributed by atoms with Crippen molar-refractivity contribution in [3.63, 3.8) is 0 Å². The number of halogens is 3. The average Bonchev–Trinajstić information content (AvgIpc) is 3.06. The standard InChI is InChI=1S/C19H20Cl3NO2S2/c1-10(2)17-23(16(24)14-9-13(21)15(22)26-14)18(19(3,4)27-17)25-12-7-5-11(20)6-8-12/h5-10,17-18H,1-4H3. The smallest absolute Gasteiger partial charge is 0.267 e. The third-order valence-electron chi connectivity index (χ3n) is 4.27. The van der Waals surface area contributed by atoms with Crippen LogP contribution < -0.4 is 4.74 Å². The zero-order valence-electron chi connectivity index (χ0n) is 15.3. The Morgan fingerprint density at radius 1 is 1.19 bits per heavy atom. The monoisotopic (exact) mass is 463 g/mol. The van der Waals surface area contributed by atoms with Gasteiger partial charge in [0.1, 0.15) is 10.1 Å². The maximum atomic E-state index is 13.4. The van der Waals surface area contributed by atoms with Crippen molar-refractivity contribution in [2.75, 3.05) is 0 Å². The summed E-state index contributed by atoms with van der Waals surface area (Å²) in [5, 5.41) is 1.01. The van der Waals surface area contributed by atoms with Gasteiger partial charge in [-0.1, -0.05) is 48.7 Å². The summed E-state index contributed by atoms with van der Waals surface area (Å²) in [5.41, 5.74) is 0. The normalized spacial score (nSPS) is 21.7. The zero-order chi connectivity index (χ0) is 19.9. The molecule has 0 N–H and O–H groups in total. The number of carbonyl (C=O) groups is 1. The predicted octanol–water partition coefficient (Wildman–Crippen LogP) is 7.06. The number of hydrogen-bond acceptors (Lipinski definition) is 4. The summed E-state index contributed by atoms with van der Waals surface area (Å²) < 4.78 is 6.40. The summed E-state index contributed by atoms with van der Waals surface area (Å²) in [6, 6.07) is 8.80. The molecule has 1 aliphatic rings. The first-order valence-corrected chi connectivity index (χ1v) is 11.3. The molecule has 1 aliphatic heterocycles. The fraction of sp³-hybridized carbons (Fsp3) is 0.421. The molecule has 8 heteroatoms. The molecule has 0 bridgehead atoms. The molecular weight excluding hydrogens is 445 g/mol. The fourth-order valence-corrected chi connectivity index (χ4v) is 5.92. The van der Waals surface area contributed by atoms with Gasteiger partial charge in [-0.3, -0.25) is 9.69 Å². The Balaban J connectivity index is 1.98. The van der Waals surface area contributed by atoms with Gasteiger partial charge in [-0.15, -0.1) is 23.1 Å². The summed E-state index contributed by atoms with van der Waals surface area (Å²) in [6.45, 7) is 8.39. The second-order valence-corrected chi connectivity index (χ2v) is 11.5. The van der Waals surface area contributed by atoms with Crippen LogP contribution in [0.15, 0.2) is 30.3 Å². The molecule has 0 radical (unpaired) electrons. The highest BCUT2D eigenvalue weighted by Crippen LogP contribution is 2.48. The van der Waals surface area contributed by atoms with Gasteiger partial charge in [0, 0.05) is 5.02 Å². The molecule has 3 rings (SSSR count). The van der Waals surface area contributed by atoms with Crippen LogP contribution in [0.4, 0.5) is 0 Å². The Kier molecular flexibility index (Phi) is 6.29. The Labute approximate surface area is 182 Å². The summed E-state index contributed by atoms with van der Waals surface area (Å²) in [6.07, 6.45) is -0.441. The molecule has 27 heavy (non-hydrogen) atoms. The van der Waals surface area contributed by atoms with E-state index >= 15 is 0 Å². The van der Waals surface area contributed by atoms with Crippen LogP contribution >= 0.6 is 57.9 Å². The molecule has 1 fully saturated rings. The van der Waals surface area contributed by atoms with Crippen molar-refractivity contribution in [1.82, 2.24) is 4.90 Å². The molecule has 0 saturated carbocycles. The quantitative estimate of drug-likeness (QED) is 0.485. The van der Waals surface area contributed by atoms with E-state index in [-0.39, 0.29) is 21.9 Å². The molecule has 0 spiro atoms. The molecule has 146 valence electrons. The largest absolute Gasteiger partial charge is 0.469 e. The van der Waals surface area contributed by atoms with Crippen molar-refractivity contribution in [3.8, 4) is 5.75 Å². The van der Waals surface area contributed by atoms with E-state index in [1.807, 2.05) is 17.0 Å². The Morgan fingerprint density at radius 3 is 2.33 bits per heavy atom. The van der Waals surface area contributed by atoms with Gasteiger partial charge in [-0.25, -0.2) is 0 Å². The molecule has 1 saturated heterocycles. The lowest BCUT2D eigenvalue weighted by molar-refractivity contribution is 0.00794. The zero-order valence-corrected chi connectivity index (χ0v) is 19.2. The van der Waals surface area contributed by atoms with Crippen LogP contribution in [-0.4, -0.2) is 27.2 Å². The SMILES string of the molecule is CC(C)C1SC(C)(C)C(Oc2ccc(Cl)cc2)N1C(=O)c1cc(Cl)c(Cl)s1. The predicted molar refractivity (Wildman–Crippen MR) is 117 cm³/mol. The average molecular weight is 465 g/mol. The number of nitrogens with zero attached hydrogens (tertiary/aromatic N) is 1. The second kappa shape index (κ2) is 8.03. The van der Waals surface area contributed by atoms with Crippen LogP contribution in [0.5, 0.6) is 5.75 Å². The van der Waals surface area contributed by atoms with Crippen molar-refractivity contribution in [1.29, 1.82) is 0 Å². The minimum absolute atomic E-state index is 0.0237. The molecule has 1 aromatic carbocycles. The van der Waals surface area contributed by atoms with E-state index in [0.717, 1.165) is 0 Å². The number of ether oxygens (including phenoxy) is 1. The molecule has 2 aromatic rings. The highest BCUT2D eigenvalue weighted by molar-refractivity contribution is 8.01. The Hall–Kier alpha value is -0.590. The van der Waals surface area contributed by atoms with Crippen molar-refractivity contribution in [2.45, 2.75) is 44.0 Å². The van der Waals surface area contributed by atoms with E-state index in [9.17, 15) is 4.79 Å². The van der Waals surface area contributed by atoms with Gasteiger partial charge in [0.25, 0.3) is 5.91 Å². The lowest BCUT2D eigenvalue weighted by Gasteiger charge is -2.33. The van der Waals surface area contributed by atoms with Gasteiger partial charge in [0.2, 0.25) is 0 Å². The maximum absolute atomic E-state index is 13.4. The van der Waals surface area contributed by atoms with Crippen molar-refractivity contribution in [2.24, 2.45) is 5.92 Å². The van der Waals surface area contributed by atoms with Gasteiger partial charge in [0.15, 0.2) is 6.23 Å². The lowest BCUT2D eigenvalue weighted by Crippen LogP contribution is -2.50. The summed E-state index contributed by atoms with van der Waals surface area (Å²) in [7, 11) is 0. The van der Waals surface area contributed by atoms with Gasteiger partial charge in [-0.05, 0) is 50.1 Å². The number of rotatable bonds is 4. The van der Waals surface area contributed by atoms with Crippen LogP contribution in [0.2, 0.25) is 14.4 Å². The summed E-state index contributed by atoms with van der Waals surface area (Å²) >= 11 is 21.1. The first kappa shape index (κ1) is 21.1. The van der Waals surface area contributed by atoms with Crippen LogP contribution in [0.25, 0.3) is 0 Å². The Morgan fingerprint density at radius 2 is 1.81 bits per heavy atom. The minimum atomic E-state index is -0.441. The van der Waals surface area contributed by atoms with E-state index in [1.54, 1.807) is 30.0 Å². The van der Waals surface area contributed by atoms with Gasteiger partial charge < -0.3 is 4.74 Å². The lowest BCUT2D eigenvalue weighted by atomic mass is 10.1. The molecule has 2 unspecified atom stereocenters. The molecule has 1 aromatic heterocycles. The van der Waals surface area contributed by atoms with Crippen LogP contribution in [-0.2, 0) is 0 Å². The van der Waals surface area contributed by atoms with E-state index in [0.29, 0.717) is 25.0 Å². The van der Waals surface area contributed by atoms with Gasteiger partial charge in [-0.2, -0.15) is 0 Å². The summed E-state index contributed by atoms with van der Waals surface area (Å²) in [4.78, 5) is 15.7. The molecule has 1 amide bonds. The van der Waals surface area contributed by atoms with E-state index in [4.69, 9.17) is 39.5 Å². The Bertz CT molecular complexity index is 816. The number of thiophene rings is 1. The molecule has 2 atom stereocenters. The van der Waals surface area contributed by atoms with Gasteiger partial charge in [0.05, 0.1) is 20.0 Å². The number of amides is 1. The van der Waals surface area contributed by atoms with Crippen molar-refractivity contribution < 1.29 is 9.53 Å². The van der Waals surface area contributed by atoms with Crippen LogP contribution in [0.3, 0.4) is 0 Å². The maximum Gasteiger partial charge on any atom is 0.267 e. The van der Waals surface area contributed by atoms with Crippen molar-refractivity contribution in [3.05, 3.63) is 49.6 Å². The van der Waals surface area contributed by atoms with E-state index in [2.05, 4.69) is 27.7 Å². The second-order valence-electron chi connectivity index (χ2n) is 7.22. The van der Waals surface area contributed by atoms with Crippen LogP contribution in [0, 0.1) is 5.92 Å². The first-order valence-electron chi connectivity index (χ1n) is 8.47. The number of benzene rings is 1. The third-order valence-corrected chi connectivity index (χ3v) is 8.20. The van der Waals surface area contributed by atoms with E-state index < -0.39 is 6.23 Å². The third kappa shape index (κ3) is 4.38. The molecular formula is C19H20Cl3NO2S2. The highest BCUT2D eigenvalue weighted by atomic mass is 35.5. The topological polar surface area (TPSA) is 29.5 Å². The minimum Gasteiger partial charge on any atom is -0.469 e. The number of carbonyl (C=O) groups excluding carboxylic acids is 1. The highest BCUT2D eigenvalue weighted by Gasteiger charge is 2.52. The van der Waals surface area contributed by atoms with Gasteiger partial charge >= 0.3 is 0 Å². The van der Waals surface area contributed by atoms with Crippen LogP contribution in [0.1, 0.15) is 37.4 Å². The van der Waals surface area contributed by atoms with E-state index in [1.165, 1.54) is 11.3 Å². The number of thioether (sulfide) groups is 1. The molecule has 3 nitrogen and oxygen atoms in total. The molecule has 2 heterocycles. The number of hydrogen-bond donors (Lipinski definition) is 0. The van der Waals surface area contributed by atoms with Crippen molar-refractivity contribution >= 4 is 63.8 Å². The summed E-state index contributed by atoms with van der Waals surface area (Å²) in [5.74, 6) is 0.801. The molecule has 0 aliphatic carbocycles.